The first-order valence-corrected chi connectivity index (χ1v) is 8.67. The molecule has 0 unspecified atom stereocenters. The van der Waals surface area contributed by atoms with Crippen molar-refractivity contribution in [1.82, 2.24) is 4.72 Å². The third kappa shape index (κ3) is 4.56. The molecular weight excluding hydrogens is 398 g/mol. The summed E-state index contributed by atoms with van der Waals surface area (Å²) >= 11 is 3.21. The van der Waals surface area contributed by atoms with E-state index in [1.54, 1.807) is 0 Å². The SMILES string of the molecule is Cl.NCCCCNS(=O)(=O)c1cc2c(cc1Br)NC(=O)CO2. The Morgan fingerprint density at radius 2 is 2.09 bits per heavy atom. The smallest absolute Gasteiger partial charge is 0.262 e. The number of hydrogen-bond acceptors (Lipinski definition) is 5. The van der Waals surface area contributed by atoms with Crippen LogP contribution in [0.25, 0.3) is 0 Å². The number of hydrogen-bond donors (Lipinski definition) is 3. The van der Waals surface area contributed by atoms with Crippen LogP contribution in [0.3, 0.4) is 0 Å². The number of amides is 1. The zero-order valence-corrected chi connectivity index (χ0v) is 14.8. The highest BCUT2D eigenvalue weighted by Crippen LogP contribution is 2.35. The van der Waals surface area contributed by atoms with Gasteiger partial charge in [0.15, 0.2) is 6.61 Å². The number of unbranched alkanes of at least 4 members (excludes halogenated alkanes) is 1. The number of carbonyl (C=O) groups excluding carboxylic acids is 1. The lowest BCUT2D eigenvalue weighted by Crippen LogP contribution is -2.28. The van der Waals surface area contributed by atoms with E-state index in [2.05, 4.69) is 26.0 Å². The lowest BCUT2D eigenvalue weighted by atomic mass is 10.2. The maximum absolute atomic E-state index is 12.3. The molecule has 10 heteroatoms. The van der Waals surface area contributed by atoms with E-state index in [0.717, 1.165) is 6.42 Å². The van der Waals surface area contributed by atoms with Crippen molar-refractivity contribution in [3.8, 4) is 5.75 Å². The Morgan fingerprint density at radius 3 is 2.77 bits per heavy atom. The Bertz CT molecular complexity index is 654. The zero-order valence-electron chi connectivity index (χ0n) is 11.6. The minimum absolute atomic E-state index is 0. The molecule has 4 N–H and O–H groups in total. The monoisotopic (exact) mass is 413 g/mol. The van der Waals surface area contributed by atoms with Gasteiger partial charge in [-0.3, -0.25) is 4.79 Å². The lowest BCUT2D eigenvalue weighted by Gasteiger charge is -2.19. The van der Waals surface area contributed by atoms with Crippen molar-refractivity contribution in [2.24, 2.45) is 5.73 Å². The topological polar surface area (TPSA) is 111 Å². The van der Waals surface area contributed by atoms with E-state index in [0.29, 0.717) is 35.4 Å². The van der Waals surface area contributed by atoms with Gasteiger partial charge in [0.1, 0.15) is 5.75 Å². The number of halogens is 2. The molecule has 0 spiro atoms. The molecule has 0 bridgehead atoms. The van der Waals surface area contributed by atoms with Crippen LogP contribution in [0.1, 0.15) is 12.8 Å². The van der Waals surface area contributed by atoms with Gasteiger partial charge in [-0.1, -0.05) is 0 Å². The number of anilines is 1. The average Bonchev–Trinajstić information content (AvgIpc) is 2.42. The predicted molar refractivity (Wildman–Crippen MR) is 89.0 cm³/mol. The molecule has 7 nitrogen and oxygen atoms in total. The Balaban J connectivity index is 0.00000242. The number of sulfonamides is 1. The zero-order chi connectivity index (χ0) is 15.5. The Kier molecular flexibility index (Phi) is 7.07. The number of rotatable bonds is 6. The molecule has 0 fully saturated rings. The first-order chi connectivity index (χ1) is 9.94. The fourth-order valence-electron chi connectivity index (χ4n) is 1.84. The molecular formula is C12H17BrClN3O4S. The standard InChI is InChI=1S/C12H16BrN3O4S.ClH/c13-8-5-9-10(20-7-12(17)16-9)6-11(8)21(18,19)15-4-2-1-3-14;/h5-6,15H,1-4,7,14H2,(H,16,17);1H. The van der Waals surface area contributed by atoms with E-state index in [1.807, 2.05) is 0 Å². The number of ether oxygens (including phenoxy) is 1. The van der Waals surface area contributed by atoms with Gasteiger partial charge in [0.05, 0.1) is 10.6 Å². The first-order valence-electron chi connectivity index (χ1n) is 6.40. The molecule has 1 aromatic carbocycles. The normalized spacial score (nSPS) is 13.6. The average molecular weight is 415 g/mol. The van der Waals surface area contributed by atoms with Gasteiger partial charge in [0, 0.05) is 17.1 Å². The first kappa shape index (κ1) is 19.2. The predicted octanol–water partition coefficient (Wildman–Crippen LogP) is 1.22. The minimum Gasteiger partial charge on any atom is -0.482 e. The summed E-state index contributed by atoms with van der Waals surface area (Å²) in [6, 6.07) is 2.91. The lowest BCUT2D eigenvalue weighted by molar-refractivity contribution is -0.118. The third-order valence-corrected chi connectivity index (χ3v) is 5.30. The summed E-state index contributed by atoms with van der Waals surface area (Å²) in [5, 5.41) is 2.62. The molecule has 1 aromatic rings. The second-order valence-electron chi connectivity index (χ2n) is 4.51. The van der Waals surface area contributed by atoms with Crippen molar-refractivity contribution >= 4 is 50.0 Å². The molecule has 22 heavy (non-hydrogen) atoms. The quantitative estimate of drug-likeness (QED) is 0.606. The molecule has 1 heterocycles. The summed E-state index contributed by atoms with van der Waals surface area (Å²) in [6.45, 7) is 0.719. The van der Waals surface area contributed by atoms with Crippen molar-refractivity contribution in [2.75, 3.05) is 25.0 Å². The van der Waals surface area contributed by atoms with Crippen LogP contribution in [0.4, 0.5) is 5.69 Å². The van der Waals surface area contributed by atoms with Gasteiger partial charge in [0.2, 0.25) is 10.0 Å². The van der Waals surface area contributed by atoms with Crippen molar-refractivity contribution in [2.45, 2.75) is 17.7 Å². The molecule has 1 aliphatic rings. The maximum atomic E-state index is 12.3. The molecule has 0 saturated heterocycles. The highest BCUT2D eigenvalue weighted by Gasteiger charge is 2.23. The van der Waals surface area contributed by atoms with Crippen LogP contribution in [0.2, 0.25) is 0 Å². The number of carbonyl (C=O) groups is 1. The van der Waals surface area contributed by atoms with E-state index >= 15 is 0 Å². The maximum Gasteiger partial charge on any atom is 0.262 e. The molecule has 1 amide bonds. The van der Waals surface area contributed by atoms with Crippen LogP contribution < -0.4 is 20.5 Å². The van der Waals surface area contributed by atoms with Crippen LogP contribution >= 0.6 is 28.3 Å². The Morgan fingerprint density at radius 1 is 1.36 bits per heavy atom. The largest absolute Gasteiger partial charge is 0.482 e. The van der Waals surface area contributed by atoms with Crippen molar-refractivity contribution in [3.05, 3.63) is 16.6 Å². The van der Waals surface area contributed by atoms with Crippen LogP contribution in [-0.2, 0) is 14.8 Å². The van der Waals surface area contributed by atoms with Crippen molar-refractivity contribution in [3.63, 3.8) is 0 Å². The van der Waals surface area contributed by atoms with Crippen molar-refractivity contribution < 1.29 is 17.9 Å². The van der Waals surface area contributed by atoms with Crippen LogP contribution in [0.5, 0.6) is 5.75 Å². The van der Waals surface area contributed by atoms with Crippen LogP contribution in [0.15, 0.2) is 21.5 Å². The third-order valence-electron chi connectivity index (χ3n) is 2.88. The molecule has 0 radical (unpaired) electrons. The van der Waals surface area contributed by atoms with E-state index in [1.165, 1.54) is 12.1 Å². The van der Waals surface area contributed by atoms with Gasteiger partial charge < -0.3 is 15.8 Å². The summed E-state index contributed by atoms with van der Waals surface area (Å²) in [7, 11) is -3.65. The fourth-order valence-corrected chi connectivity index (χ4v) is 3.97. The highest BCUT2D eigenvalue weighted by atomic mass is 79.9. The molecule has 2 rings (SSSR count). The number of fused-ring (bicyclic) bond motifs is 1. The van der Waals surface area contributed by atoms with Gasteiger partial charge >= 0.3 is 0 Å². The summed E-state index contributed by atoms with van der Waals surface area (Å²) in [6.07, 6.45) is 1.42. The Hall–Kier alpha value is -0.870. The summed E-state index contributed by atoms with van der Waals surface area (Å²) < 4.78 is 32.6. The van der Waals surface area contributed by atoms with Gasteiger partial charge in [-0.2, -0.15) is 0 Å². The molecule has 0 saturated carbocycles. The van der Waals surface area contributed by atoms with Crippen LogP contribution in [-0.4, -0.2) is 34.0 Å². The van der Waals surface area contributed by atoms with E-state index < -0.39 is 10.0 Å². The van der Waals surface area contributed by atoms with E-state index in [9.17, 15) is 13.2 Å². The van der Waals surface area contributed by atoms with Crippen molar-refractivity contribution in [1.29, 1.82) is 0 Å². The Labute approximate surface area is 143 Å². The molecule has 0 aliphatic carbocycles. The number of nitrogens with one attached hydrogen (secondary N) is 2. The number of nitrogens with two attached hydrogens (primary N) is 1. The van der Waals surface area contributed by atoms with E-state index in [4.69, 9.17) is 10.5 Å². The molecule has 124 valence electrons. The molecule has 1 aliphatic heterocycles. The molecule has 0 aromatic heterocycles. The van der Waals surface area contributed by atoms with Gasteiger partial charge in [-0.25, -0.2) is 13.1 Å². The second-order valence-corrected chi connectivity index (χ2v) is 7.10. The second kappa shape index (κ2) is 8.11. The fraction of sp³-hybridized carbons (Fsp3) is 0.417. The summed E-state index contributed by atoms with van der Waals surface area (Å²) in [5.41, 5.74) is 5.81. The van der Waals surface area contributed by atoms with Gasteiger partial charge in [0.25, 0.3) is 5.91 Å². The van der Waals surface area contributed by atoms with Crippen LogP contribution in [0, 0.1) is 0 Å². The van der Waals surface area contributed by atoms with Gasteiger partial charge in [-0.05, 0) is 41.4 Å². The summed E-state index contributed by atoms with van der Waals surface area (Å²) in [4.78, 5) is 11.3. The summed E-state index contributed by atoms with van der Waals surface area (Å²) in [5.74, 6) is 0.0602. The van der Waals surface area contributed by atoms with E-state index in [-0.39, 0.29) is 29.8 Å². The van der Waals surface area contributed by atoms with Gasteiger partial charge in [-0.15, -0.1) is 12.4 Å². The molecule has 0 atom stereocenters. The highest BCUT2D eigenvalue weighted by molar-refractivity contribution is 9.10. The minimum atomic E-state index is -3.65. The number of benzene rings is 1.